The molecule has 2 aromatic heterocycles. The standard InChI is InChI=1S/C14H21N3.C8H9FN2O/c1-3-11(2)8-9-15-10-14-16-12-6-4-5-7-13(12)17-14;1-5-3-7(11-6(2)12)4-10-8(5)9/h4-7,11,15H,3,8-10H2,1-2H3,(H,16,17);3-4H,1-2H3,(H,11,12). The van der Waals surface area contributed by atoms with Gasteiger partial charge in [0.25, 0.3) is 0 Å². The fraction of sp³-hybridized carbons (Fsp3) is 0.409. The summed E-state index contributed by atoms with van der Waals surface area (Å²) in [5.74, 6) is 1.13. The molecule has 3 aromatic rings. The first-order valence-electron chi connectivity index (χ1n) is 9.93. The van der Waals surface area contributed by atoms with Crippen LogP contribution >= 0.6 is 0 Å². The fourth-order valence-corrected chi connectivity index (χ4v) is 2.68. The molecule has 0 spiro atoms. The molecule has 1 unspecified atom stereocenters. The number of amides is 1. The summed E-state index contributed by atoms with van der Waals surface area (Å²) in [5.41, 5.74) is 3.10. The van der Waals surface area contributed by atoms with Gasteiger partial charge in [-0.1, -0.05) is 32.4 Å². The van der Waals surface area contributed by atoms with Crippen molar-refractivity contribution in [3.8, 4) is 0 Å². The number of fused-ring (bicyclic) bond motifs is 1. The predicted molar refractivity (Wildman–Crippen MR) is 115 cm³/mol. The minimum absolute atomic E-state index is 0.192. The van der Waals surface area contributed by atoms with Gasteiger partial charge in [0, 0.05) is 12.5 Å². The molecule has 0 aliphatic carbocycles. The summed E-state index contributed by atoms with van der Waals surface area (Å²) in [6.07, 6.45) is 3.77. The fourth-order valence-electron chi connectivity index (χ4n) is 2.68. The summed E-state index contributed by atoms with van der Waals surface area (Å²) in [6, 6.07) is 9.67. The van der Waals surface area contributed by atoms with E-state index in [2.05, 4.69) is 45.5 Å². The van der Waals surface area contributed by atoms with Crippen molar-refractivity contribution in [1.82, 2.24) is 20.3 Å². The van der Waals surface area contributed by atoms with Gasteiger partial charge in [0.1, 0.15) is 5.82 Å². The molecule has 0 radical (unpaired) electrons. The molecule has 0 aliphatic rings. The Morgan fingerprint density at radius 3 is 2.72 bits per heavy atom. The van der Waals surface area contributed by atoms with Crippen molar-refractivity contribution in [2.24, 2.45) is 5.92 Å². The Labute approximate surface area is 171 Å². The summed E-state index contributed by atoms with van der Waals surface area (Å²) >= 11 is 0. The van der Waals surface area contributed by atoms with E-state index in [1.54, 1.807) is 6.92 Å². The number of para-hydroxylation sites is 2. The molecule has 29 heavy (non-hydrogen) atoms. The number of pyridine rings is 1. The normalized spacial score (nSPS) is 11.6. The molecule has 0 saturated carbocycles. The van der Waals surface area contributed by atoms with Crippen molar-refractivity contribution in [3.63, 3.8) is 0 Å². The van der Waals surface area contributed by atoms with Crippen LogP contribution in [0.3, 0.4) is 0 Å². The average molecular weight is 400 g/mol. The monoisotopic (exact) mass is 399 g/mol. The number of benzene rings is 1. The topological polar surface area (TPSA) is 82.7 Å². The molecule has 0 bridgehead atoms. The van der Waals surface area contributed by atoms with Crippen molar-refractivity contribution in [3.05, 3.63) is 53.9 Å². The lowest BCUT2D eigenvalue weighted by Gasteiger charge is -2.07. The molecule has 3 N–H and O–H groups in total. The lowest BCUT2D eigenvalue weighted by Crippen LogP contribution is -2.17. The summed E-state index contributed by atoms with van der Waals surface area (Å²) < 4.78 is 12.6. The zero-order valence-corrected chi connectivity index (χ0v) is 17.6. The molecular weight excluding hydrogens is 369 g/mol. The number of aryl methyl sites for hydroxylation is 1. The first kappa shape index (κ1) is 22.5. The zero-order chi connectivity index (χ0) is 21.2. The van der Waals surface area contributed by atoms with Crippen LogP contribution in [0.15, 0.2) is 36.5 Å². The van der Waals surface area contributed by atoms with Crippen LogP contribution < -0.4 is 10.6 Å². The van der Waals surface area contributed by atoms with Crippen LogP contribution in [0.5, 0.6) is 0 Å². The molecule has 1 amide bonds. The van der Waals surface area contributed by atoms with Crippen molar-refractivity contribution < 1.29 is 9.18 Å². The number of halogens is 1. The van der Waals surface area contributed by atoms with Gasteiger partial charge in [0.15, 0.2) is 0 Å². The highest BCUT2D eigenvalue weighted by Gasteiger charge is 2.02. The van der Waals surface area contributed by atoms with E-state index in [9.17, 15) is 9.18 Å². The quantitative estimate of drug-likeness (QED) is 0.401. The molecule has 2 heterocycles. The third kappa shape index (κ3) is 7.62. The maximum Gasteiger partial charge on any atom is 0.221 e. The highest BCUT2D eigenvalue weighted by atomic mass is 19.1. The molecule has 156 valence electrons. The van der Waals surface area contributed by atoms with Crippen LogP contribution in [-0.2, 0) is 11.3 Å². The van der Waals surface area contributed by atoms with Crippen molar-refractivity contribution in [2.45, 2.75) is 47.1 Å². The van der Waals surface area contributed by atoms with E-state index >= 15 is 0 Å². The van der Waals surface area contributed by atoms with Gasteiger partial charge in [0.05, 0.1) is 29.5 Å². The Morgan fingerprint density at radius 1 is 1.31 bits per heavy atom. The number of anilines is 1. The minimum Gasteiger partial charge on any atom is -0.341 e. The average Bonchev–Trinajstić information content (AvgIpc) is 3.11. The largest absolute Gasteiger partial charge is 0.341 e. The van der Waals surface area contributed by atoms with Gasteiger partial charge in [-0.2, -0.15) is 4.39 Å². The number of aromatic amines is 1. The van der Waals surface area contributed by atoms with E-state index in [-0.39, 0.29) is 5.91 Å². The molecule has 6 nitrogen and oxygen atoms in total. The van der Waals surface area contributed by atoms with Crippen molar-refractivity contribution in [1.29, 1.82) is 0 Å². The van der Waals surface area contributed by atoms with Gasteiger partial charge in [-0.25, -0.2) is 9.97 Å². The number of nitrogens with one attached hydrogen (secondary N) is 3. The highest BCUT2D eigenvalue weighted by Crippen LogP contribution is 2.11. The maximum atomic E-state index is 12.6. The van der Waals surface area contributed by atoms with Gasteiger partial charge in [-0.3, -0.25) is 4.79 Å². The van der Waals surface area contributed by atoms with Crippen LogP contribution in [-0.4, -0.2) is 27.4 Å². The molecule has 1 aromatic carbocycles. The number of carbonyl (C=O) groups excluding carboxylic acids is 1. The molecule has 1 atom stereocenters. The number of aromatic nitrogens is 3. The van der Waals surface area contributed by atoms with Crippen molar-refractivity contribution in [2.75, 3.05) is 11.9 Å². The Bertz CT molecular complexity index is 891. The number of hydrogen-bond acceptors (Lipinski definition) is 4. The molecule has 0 fully saturated rings. The summed E-state index contributed by atoms with van der Waals surface area (Å²) in [5, 5.41) is 5.94. The van der Waals surface area contributed by atoms with Crippen LogP contribution in [0.25, 0.3) is 11.0 Å². The van der Waals surface area contributed by atoms with E-state index in [1.807, 2.05) is 18.2 Å². The van der Waals surface area contributed by atoms with Gasteiger partial charge in [0.2, 0.25) is 11.9 Å². The van der Waals surface area contributed by atoms with Crippen molar-refractivity contribution >= 4 is 22.6 Å². The Hall–Kier alpha value is -2.80. The number of imidazole rings is 1. The van der Waals surface area contributed by atoms with E-state index in [1.165, 1.54) is 32.0 Å². The molecule has 0 saturated heterocycles. The maximum absolute atomic E-state index is 12.6. The number of carbonyl (C=O) groups is 1. The van der Waals surface area contributed by atoms with E-state index < -0.39 is 5.95 Å². The van der Waals surface area contributed by atoms with Gasteiger partial charge in [-0.05, 0) is 44.0 Å². The smallest absolute Gasteiger partial charge is 0.221 e. The molecule has 3 rings (SSSR count). The molecule has 0 aliphatic heterocycles. The van der Waals surface area contributed by atoms with Crippen LogP contribution in [0.2, 0.25) is 0 Å². The highest BCUT2D eigenvalue weighted by molar-refractivity contribution is 5.88. The molecular formula is C22H30FN5O. The summed E-state index contributed by atoms with van der Waals surface area (Å²) in [4.78, 5) is 21.9. The Balaban J connectivity index is 0.000000221. The van der Waals surface area contributed by atoms with Gasteiger partial charge < -0.3 is 15.6 Å². The first-order chi connectivity index (χ1) is 13.9. The minimum atomic E-state index is -0.510. The predicted octanol–water partition coefficient (Wildman–Crippen LogP) is 4.58. The summed E-state index contributed by atoms with van der Waals surface area (Å²) in [7, 11) is 0. The SMILES string of the molecule is CC(=O)Nc1cnc(F)c(C)c1.CCC(C)CCNCc1nc2ccccc2[nH]1. The third-order valence-electron chi connectivity index (χ3n) is 4.58. The second-order valence-electron chi connectivity index (χ2n) is 7.19. The van der Waals surface area contributed by atoms with E-state index in [0.29, 0.717) is 11.3 Å². The second kappa shape index (κ2) is 11.3. The van der Waals surface area contributed by atoms with Crippen LogP contribution in [0.1, 0.15) is 45.0 Å². The van der Waals surface area contributed by atoms with Gasteiger partial charge >= 0.3 is 0 Å². The van der Waals surface area contributed by atoms with Crippen LogP contribution in [0, 0.1) is 18.8 Å². The number of H-pyrrole nitrogens is 1. The lowest BCUT2D eigenvalue weighted by atomic mass is 10.1. The second-order valence-corrected chi connectivity index (χ2v) is 7.19. The van der Waals surface area contributed by atoms with E-state index in [4.69, 9.17) is 0 Å². The van der Waals surface area contributed by atoms with Gasteiger partial charge in [-0.15, -0.1) is 0 Å². The Kier molecular flexibility index (Phi) is 8.73. The van der Waals surface area contributed by atoms with E-state index in [0.717, 1.165) is 35.9 Å². The van der Waals surface area contributed by atoms with Crippen LogP contribution in [0.4, 0.5) is 10.1 Å². The first-order valence-corrected chi connectivity index (χ1v) is 9.93. The zero-order valence-electron chi connectivity index (χ0n) is 17.6. The lowest BCUT2D eigenvalue weighted by molar-refractivity contribution is -0.114. The number of rotatable bonds is 7. The molecule has 7 heteroatoms. The summed E-state index contributed by atoms with van der Waals surface area (Å²) in [6.45, 7) is 9.40. The number of hydrogen-bond donors (Lipinski definition) is 3. The number of nitrogens with zero attached hydrogens (tertiary/aromatic N) is 2. The Morgan fingerprint density at radius 2 is 2.07 bits per heavy atom. The third-order valence-corrected chi connectivity index (χ3v) is 4.58.